The van der Waals surface area contributed by atoms with Crippen LogP contribution in [0.1, 0.15) is 61.4 Å². The lowest BCUT2D eigenvalue weighted by Crippen LogP contribution is -2.29. The first-order valence-electron chi connectivity index (χ1n) is 7.57. The maximum atomic E-state index is 12.6. The minimum atomic E-state index is -0.0931. The highest BCUT2D eigenvalue weighted by Crippen LogP contribution is 2.23. The number of nitrogens with zero attached hydrogens (tertiary/aromatic N) is 2. The summed E-state index contributed by atoms with van der Waals surface area (Å²) in [5, 5.41) is 7.54. The summed E-state index contributed by atoms with van der Waals surface area (Å²) < 4.78 is 2.76. The van der Waals surface area contributed by atoms with Crippen molar-refractivity contribution in [3.8, 4) is 0 Å². The second-order valence-corrected chi connectivity index (χ2v) is 6.50. The minimum Gasteiger partial charge on any atom is -0.344 e. The number of rotatable bonds is 5. The highest BCUT2D eigenvalue weighted by atomic mass is 79.9. The van der Waals surface area contributed by atoms with Crippen molar-refractivity contribution in [3.05, 3.63) is 51.8 Å². The van der Waals surface area contributed by atoms with Gasteiger partial charge in [-0.3, -0.25) is 9.48 Å². The molecule has 0 saturated heterocycles. The third-order valence-corrected chi connectivity index (χ3v) is 4.36. The molecule has 0 aliphatic carbocycles. The Bertz CT molecular complexity index is 664. The van der Waals surface area contributed by atoms with Gasteiger partial charge in [-0.2, -0.15) is 5.10 Å². The Morgan fingerprint density at radius 3 is 2.59 bits per heavy atom. The molecule has 22 heavy (non-hydrogen) atoms. The van der Waals surface area contributed by atoms with Crippen LogP contribution in [0.25, 0.3) is 0 Å². The fourth-order valence-electron chi connectivity index (χ4n) is 2.32. The van der Waals surface area contributed by atoms with Gasteiger partial charge >= 0.3 is 0 Å². The van der Waals surface area contributed by atoms with Crippen LogP contribution in [0.3, 0.4) is 0 Å². The Morgan fingerprint density at radius 2 is 2.00 bits per heavy atom. The van der Waals surface area contributed by atoms with Crippen molar-refractivity contribution in [2.24, 2.45) is 0 Å². The third-order valence-electron chi connectivity index (χ3n) is 3.64. The van der Waals surface area contributed by atoms with E-state index in [9.17, 15) is 4.79 Å². The molecular weight excluding hydrogens is 342 g/mol. The van der Waals surface area contributed by atoms with Gasteiger partial charge < -0.3 is 5.32 Å². The number of halogens is 1. The average Bonchev–Trinajstić information content (AvgIpc) is 2.92. The predicted octanol–water partition coefficient (Wildman–Crippen LogP) is 4.28. The second kappa shape index (κ2) is 7.09. The summed E-state index contributed by atoms with van der Waals surface area (Å²) in [6.07, 6.45) is 0. The van der Waals surface area contributed by atoms with E-state index in [0.29, 0.717) is 18.2 Å². The highest BCUT2D eigenvalue weighted by Gasteiger charge is 2.19. The van der Waals surface area contributed by atoms with Gasteiger partial charge in [0.2, 0.25) is 0 Å². The molecule has 4 nitrogen and oxygen atoms in total. The molecule has 1 aromatic carbocycles. The van der Waals surface area contributed by atoms with E-state index in [4.69, 9.17) is 0 Å². The van der Waals surface area contributed by atoms with Crippen molar-refractivity contribution in [2.45, 2.75) is 46.2 Å². The van der Waals surface area contributed by atoms with Crippen molar-refractivity contribution >= 4 is 21.8 Å². The van der Waals surface area contributed by atoms with E-state index in [-0.39, 0.29) is 11.9 Å². The zero-order chi connectivity index (χ0) is 16.3. The lowest BCUT2D eigenvalue weighted by Gasteiger charge is -2.16. The minimum absolute atomic E-state index is 0.0780. The van der Waals surface area contributed by atoms with Gasteiger partial charge in [0, 0.05) is 11.0 Å². The van der Waals surface area contributed by atoms with Crippen LogP contribution in [0.2, 0.25) is 0 Å². The summed E-state index contributed by atoms with van der Waals surface area (Å²) in [4.78, 5) is 12.6. The first kappa shape index (κ1) is 16.7. The van der Waals surface area contributed by atoms with Crippen LogP contribution < -0.4 is 5.32 Å². The molecule has 1 N–H and O–H groups in total. The molecule has 1 amide bonds. The van der Waals surface area contributed by atoms with Gasteiger partial charge in [0.1, 0.15) is 5.69 Å². The highest BCUT2D eigenvalue weighted by molar-refractivity contribution is 9.10. The number of benzene rings is 1. The Balaban J connectivity index is 2.20. The van der Waals surface area contributed by atoms with Crippen molar-refractivity contribution in [1.29, 1.82) is 0 Å². The number of hydrogen-bond acceptors (Lipinski definition) is 2. The molecule has 1 unspecified atom stereocenters. The number of carbonyl (C=O) groups excluding carboxylic acids is 1. The van der Waals surface area contributed by atoms with E-state index < -0.39 is 0 Å². The van der Waals surface area contributed by atoms with E-state index in [1.165, 1.54) is 0 Å². The lowest BCUT2D eigenvalue weighted by atomic mass is 10.1. The number of carbonyl (C=O) groups is 1. The average molecular weight is 364 g/mol. The van der Waals surface area contributed by atoms with Crippen LogP contribution in [0.4, 0.5) is 0 Å². The third kappa shape index (κ3) is 3.58. The van der Waals surface area contributed by atoms with Crippen LogP contribution in [-0.2, 0) is 6.54 Å². The van der Waals surface area contributed by atoms with Gasteiger partial charge in [-0.1, -0.05) is 48.0 Å². The molecule has 2 aromatic rings. The number of aryl methyl sites for hydroxylation is 1. The summed E-state index contributed by atoms with van der Waals surface area (Å²) in [6.45, 7) is 8.80. The fraction of sp³-hybridized carbons (Fsp3) is 0.412. The number of hydrogen-bond donors (Lipinski definition) is 1. The second-order valence-electron chi connectivity index (χ2n) is 5.64. The number of amides is 1. The predicted molar refractivity (Wildman–Crippen MR) is 92.0 cm³/mol. The van der Waals surface area contributed by atoms with Gasteiger partial charge in [0.15, 0.2) is 0 Å². The van der Waals surface area contributed by atoms with E-state index in [0.717, 1.165) is 15.7 Å². The Hall–Kier alpha value is -1.62. The lowest BCUT2D eigenvalue weighted by molar-refractivity contribution is 0.0929. The van der Waals surface area contributed by atoms with Gasteiger partial charge in [0.05, 0.1) is 11.7 Å². The normalized spacial score (nSPS) is 12.5. The Kier molecular flexibility index (Phi) is 5.40. The molecule has 0 saturated carbocycles. The molecule has 2 rings (SSSR count). The molecule has 0 aliphatic rings. The summed E-state index contributed by atoms with van der Waals surface area (Å²) in [5.41, 5.74) is 2.62. The van der Waals surface area contributed by atoms with E-state index in [2.05, 4.69) is 40.2 Å². The van der Waals surface area contributed by atoms with Crippen molar-refractivity contribution < 1.29 is 4.79 Å². The first-order valence-corrected chi connectivity index (χ1v) is 8.36. The molecule has 5 heteroatoms. The Labute approximate surface area is 140 Å². The first-order chi connectivity index (χ1) is 10.4. The van der Waals surface area contributed by atoms with E-state index in [1.54, 1.807) is 4.68 Å². The zero-order valence-corrected chi connectivity index (χ0v) is 15.0. The van der Waals surface area contributed by atoms with Crippen LogP contribution in [0.15, 0.2) is 34.8 Å². The number of nitrogens with one attached hydrogen (secondary N) is 1. The molecule has 0 fully saturated rings. The van der Waals surface area contributed by atoms with E-state index in [1.807, 2.05) is 44.2 Å². The monoisotopic (exact) mass is 363 g/mol. The summed E-state index contributed by atoms with van der Waals surface area (Å²) in [6, 6.07) is 9.72. The van der Waals surface area contributed by atoms with Crippen LogP contribution in [0, 0.1) is 0 Å². The fourth-order valence-corrected chi connectivity index (χ4v) is 2.95. The Morgan fingerprint density at radius 1 is 1.32 bits per heavy atom. The molecule has 1 aromatic heterocycles. The maximum absolute atomic E-state index is 12.6. The molecule has 1 heterocycles. The smallest absolute Gasteiger partial charge is 0.270 e. The zero-order valence-electron chi connectivity index (χ0n) is 13.4. The van der Waals surface area contributed by atoms with E-state index >= 15 is 0 Å². The molecule has 0 spiro atoms. The topological polar surface area (TPSA) is 46.9 Å². The van der Waals surface area contributed by atoms with Gasteiger partial charge in [-0.25, -0.2) is 0 Å². The molecule has 1 atom stereocenters. The number of aromatic nitrogens is 2. The summed E-state index contributed by atoms with van der Waals surface area (Å²) in [5.74, 6) is 0.213. The molecule has 0 aliphatic heterocycles. The van der Waals surface area contributed by atoms with Gasteiger partial charge in [0.25, 0.3) is 5.91 Å². The quantitative estimate of drug-likeness (QED) is 0.861. The SMILES string of the molecule is CCn1nc(C(C)C)cc1C(=O)NC(C)c1ccccc1Br. The molecule has 0 bridgehead atoms. The summed E-state index contributed by atoms with van der Waals surface area (Å²) >= 11 is 3.53. The molecular formula is C17H22BrN3O. The van der Waals surface area contributed by atoms with Crippen molar-refractivity contribution in [3.63, 3.8) is 0 Å². The van der Waals surface area contributed by atoms with Crippen molar-refractivity contribution in [2.75, 3.05) is 0 Å². The van der Waals surface area contributed by atoms with Crippen LogP contribution in [0.5, 0.6) is 0 Å². The largest absolute Gasteiger partial charge is 0.344 e. The van der Waals surface area contributed by atoms with Crippen molar-refractivity contribution in [1.82, 2.24) is 15.1 Å². The van der Waals surface area contributed by atoms with Gasteiger partial charge in [-0.15, -0.1) is 0 Å². The standard InChI is InChI=1S/C17H22BrN3O/c1-5-21-16(10-15(20-21)11(2)3)17(22)19-12(4)13-8-6-7-9-14(13)18/h6-12H,5H2,1-4H3,(H,19,22). The summed E-state index contributed by atoms with van der Waals surface area (Å²) in [7, 11) is 0. The molecule has 118 valence electrons. The van der Waals surface area contributed by atoms with Crippen LogP contribution >= 0.6 is 15.9 Å². The maximum Gasteiger partial charge on any atom is 0.270 e. The van der Waals surface area contributed by atoms with Crippen LogP contribution in [-0.4, -0.2) is 15.7 Å². The van der Waals surface area contributed by atoms with Gasteiger partial charge in [-0.05, 0) is 37.5 Å². The molecule has 0 radical (unpaired) electrons.